The second-order valence-electron chi connectivity index (χ2n) is 6.41. The number of amides is 1. The molecular formula is C19H20N4O3. The van der Waals surface area contributed by atoms with Crippen LogP contribution in [0.25, 0.3) is 10.9 Å². The third-order valence-corrected chi connectivity index (χ3v) is 4.70. The van der Waals surface area contributed by atoms with E-state index in [2.05, 4.69) is 20.4 Å². The van der Waals surface area contributed by atoms with Crippen molar-refractivity contribution in [3.05, 3.63) is 47.7 Å². The number of rotatable bonds is 6. The largest absolute Gasteiger partial charge is 0.496 e. The number of ether oxygens (including phenoxy) is 1. The number of nitrogens with one attached hydrogen (secondary N) is 1. The van der Waals surface area contributed by atoms with Crippen LogP contribution in [0.2, 0.25) is 0 Å². The second-order valence-corrected chi connectivity index (χ2v) is 6.41. The molecule has 3 aromatic rings. The Morgan fingerprint density at radius 1 is 1.31 bits per heavy atom. The smallest absolute Gasteiger partial charge is 0.270 e. The highest BCUT2D eigenvalue weighted by atomic mass is 16.5. The monoisotopic (exact) mass is 352 g/mol. The van der Waals surface area contributed by atoms with E-state index in [1.165, 1.54) is 6.42 Å². The summed E-state index contributed by atoms with van der Waals surface area (Å²) in [4.78, 5) is 21.2. The van der Waals surface area contributed by atoms with Gasteiger partial charge in [-0.25, -0.2) is 4.98 Å². The van der Waals surface area contributed by atoms with Crippen LogP contribution >= 0.6 is 0 Å². The minimum atomic E-state index is -0.253. The maximum Gasteiger partial charge on any atom is 0.270 e. The highest BCUT2D eigenvalue weighted by Crippen LogP contribution is 2.35. The van der Waals surface area contributed by atoms with Crippen molar-refractivity contribution in [3.63, 3.8) is 0 Å². The van der Waals surface area contributed by atoms with Crippen molar-refractivity contribution in [1.29, 1.82) is 0 Å². The third-order valence-electron chi connectivity index (χ3n) is 4.70. The van der Waals surface area contributed by atoms with E-state index >= 15 is 0 Å². The molecule has 1 aliphatic carbocycles. The number of nitrogens with zero attached hydrogens (tertiary/aromatic N) is 3. The molecule has 1 aromatic carbocycles. The van der Waals surface area contributed by atoms with Crippen LogP contribution in [-0.4, -0.2) is 34.7 Å². The summed E-state index contributed by atoms with van der Waals surface area (Å²) in [6, 6.07) is 9.22. The van der Waals surface area contributed by atoms with Gasteiger partial charge < -0.3 is 14.6 Å². The van der Waals surface area contributed by atoms with Gasteiger partial charge in [0, 0.05) is 30.3 Å². The van der Waals surface area contributed by atoms with E-state index < -0.39 is 0 Å². The minimum absolute atomic E-state index is 0.253. The Bertz CT molecular complexity index is 933. The van der Waals surface area contributed by atoms with Gasteiger partial charge in [0.1, 0.15) is 11.4 Å². The molecule has 7 nitrogen and oxygen atoms in total. The fraction of sp³-hybridized carbons (Fsp3) is 0.368. The molecule has 2 aromatic heterocycles. The topological polar surface area (TPSA) is 90.1 Å². The van der Waals surface area contributed by atoms with Crippen molar-refractivity contribution in [2.75, 3.05) is 13.7 Å². The molecule has 1 fully saturated rings. The molecule has 0 unspecified atom stereocenters. The van der Waals surface area contributed by atoms with Gasteiger partial charge in [0.05, 0.1) is 12.6 Å². The standard InChI is InChI=1S/C19H20N4O3/c1-25-16-11-15(21-14-8-3-2-7-13(14)16)18(24)20-10-9-17-22-19(26-23-17)12-5-4-6-12/h2-3,7-8,11-12H,4-6,9-10H2,1H3,(H,20,24). The Morgan fingerprint density at radius 3 is 2.92 bits per heavy atom. The molecule has 134 valence electrons. The van der Waals surface area contributed by atoms with Crippen molar-refractivity contribution in [2.45, 2.75) is 31.6 Å². The summed E-state index contributed by atoms with van der Waals surface area (Å²) in [6.45, 7) is 0.416. The van der Waals surface area contributed by atoms with Gasteiger partial charge in [-0.3, -0.25) is 4.79 Å². The average Bonchev–Trinajstić information content (AvgIpc) is 3.07. The lowest BCUT2D eigenvalue weighted by Gasteiger charge is -2.20. The highest BCUT2D eigenvalue weighted by molar-refractivity contribution is 5.97. The van der Waals surface area contributed by atoms with Crippen LogP contribution < -0.4 is 10.1 Å². The number of benzene rings is 1. The molecule has 0 aliphatic heterocycles. The number of methoxy groups -OCH3 is 1. The van der Waals surface area contributed by atoms with Crippen molar-refractivity contribution >= 4 is 16.8 Å². The number of carbonyl (C=O) groups excluding carboxylic acids is 1. The minimum Gasteiger partial charge on any atom is -0.496 e. The molecule has 1 saturated carbocycles. The van der Waals surface area contributed by atoms with E-state index in [9.17, 15) is 4.79 Å². The summed E-state index contributed by atoms with van der Waals surface area (Å²) in [7, 11) is 1.58. The molecule has 0 saturated heterocycles. The molecule has 1 N–H and O–H groups in total. The van der Waals surface area contributed by atoms with Gasteiger partial charge in [0.2, 0.25) is 5.89 Å². The molecule has 0 bridgehead atoms. The first-order chi connectivity index (χ1) is 12.7. The van der Waals surface area contributed by atoms with Gasteiger partial charge in [-0.1, -0.05) is 23.7 Å². The molecule has 1 amide bonds. The molecule has 1 aliphatic rings. The lowest BCUT2D eigenvalue weighted by molar-refractivity contribution is 0.0949. The predicted octanol–water partition coefficient (Wildman–Crippen LogP) is 2.87. The first kappa shape index (κ1) is 16.5. The second kappa shape index (κ2) is 7.11. The van der Waals surface area contributed by atoms with E-state index in [4.69, 9.17) is 9.26 Å². The maximum absolute atomic E-state index is 12.4. The van der Waals surface area contributed by atoms with Crippen molar-refractivity contribution in [2.24, 2.45) is 0 Å². The lowest BCUT2D eigenvalue weighted by atomic mass is 9.85. The molecule has 26 heavy (non-hydrogen) atoms. The zero-order chi connectivity index (χ0) is 17.9. The number of fused-ring (bicyclic) bond motifs is 1. The molecule has 0 spiro atoms. The zero-order valence-electron chi connectivity index (χ0n) is 14.6. The lowest BCUT2D eigenvalue weighted by Crippen LogP contribution is -2.26. The fourth-order valence-corrected chi connectivity index (χ4v) is 3.00. The number of hydrogen-bond donors (Lipinski definition) is 1. The van der Waals surface area contributed by atoms with Gasteiger partial charge in [0.25, 0.3) is 5.91 Å². The number of hydrogen-bond acceptors (Lipinski definition) is 6. The first-order valence-electron chi connectivity index (χ1n) is 8.79. The molecule has 7 heteroatoms. The van der Waals surface area contributed by atoms with E-state index in [1.807, 2.05) is 24.3 Å². The average molecular weight is 352 g/mol. The van der Waals surface area contributed by atoms with Crippen molar-refractivity contribution in [3.8, 4) is 5.75 Å². The predicted molar refractivity (Wildman–Crippen MR) is 95.2 cm³/mol. The number of para-hydroxylation sites is 1. The van der Waals surface area contributed by atoms with Gasteiger partial charge in [-0.2, -0.15) is 4.98 Å². The summed E-state index contributed by atoms with van der Waals surface area (Å²) in [6.07, 6.45) is 3.98. The summed E-state index contributed by atoms with van der Waals surface area (Å²) >= 11 is 0. The molecule has 0 radical (unpaired) electrons. The molecule has 2 heterocycles. The number of pyridine rings is 1. The maximum atomic E-state index is 12.4. The highest BCUT2D eigenvalue weighted by Gasteiger charge is 2.25. The summed E-state index contributed by atoms with van der Waals surface area (Å²) in [5.41, 5.74) is 1.05. The Labute approximate surface area is 150 Å². The van der Waals surface area contributed by atoms with Crippen LogP contribution in [0.1, 0.15) is 47.4 Å². The fourth-order valence-electron chi connectivity index (χ4n) is 3.00. The normalized spacial score (nSPS) is 14.2. The van der Waals surface area contributed by atoms with Crippen LogP contribution in [0.3, 0.4) is 0 Å². The van der Waals surface area contributed by atoms with E-state index in [-0.39, 0.29) is 5.91 Å². The first-order valence-corrected chi connectivity index (χ1v) is 8.79. The Morgan fingerprint density at radius 2 is 2.15 bits per heavy atom. The van der Waals surface area contributed by atoms with Gasteiger partial charge in [-0.05, 0) is 25.0 Å². The zero-order valence-corrected chi connectivity index (χ0v) is 14.6. The van der Waals surface area contributed by atoms with Crippen LogP contribution in [-0.2, 0) is 6.42 Å². The summed E-state index contributed by atoms with van der Waals surface area (Å²) in [5, 5.41) is 7.71. The van der Waals surface area contributed by atoms with Crippen molar-refractivity contribution in [1.82, 2.24) is 20.4 Å². The van der Waals surface area contributed by atoms with Crippen LogP contribution in [0.5, 0.6) is 5.75 Å². The van der Waals surface area contributed by atoms with E-state index in [0.29, 0.717) is 36.2 Å². The molecular weight excluding hydrogens is 332 g/mol. The number of aromatic nitrogens is 3. The number of carbonyl (C=O) groups is 1. The van der Waals surface area contributed by atoms with E-state index in [1.54, 1.807) is 13.2 Å². The Balaban J connectivity index is 1.40. The molecule has 0 atom stereocenters. The third kappa shape index (κ3) is 3.24. The van der Waals surface area contributed by atoms with Crippen LogP contribution in [0.4, 0.5) is 0 Å². The van der Waals surface area contributed by atoms with Gasteiger partial charge in [0.15, 0.2) is 5.82 Å². The SMILES string of the molecule is COc1cc(C(=O)NCCc2noc(C3CCC3)n2)nc2ccccc12. The molecule has 4 rings (SSSR count). The van der Waals surface area contributed by atoms with E-state index in [0.717, 1.165) is 29.6 Å². The van der Waals surface area contributed by atoms with Gasteiger partial charge in [-0.15, -0.1) is 0 Å². The van der Waals surface area contributed by atoms with Crippen molar-refractivity contribution < 1.29 is 14.1 Å². The quantitative estimate of drug-likeness (QED) is 0.734. The van der Waals surface area contributed by atoms with Crippen LogP contribution in [0, 0.1) is 0 Å². The summed E-state index contributed by atoms with van der Waals surface area (Å²) in [5.74, 6) is 2.13. The Hall–Kier alpha value is -2.96. The Kier molecular flexibility index (Phi) is 4.51. The van der Waals surface area contributed by atoms with Crippen LogP contribution in [0.15, 0.2) is 34.9 Å². The van der Waals surface area contributed by atoms with Gasteiger partial charge >= 0.3 is 0 Å². The summed E-state index contributed by atoms with van der Waals surface area (Å²) < 4.78 is 10.7.